The number of hydrogen-bond acceptors (Lipinski definition) is 6. The first-order valence-electron chi connectivity index (χ1n) is 11.2. The molecule has 3 aromatic rings. The van der Waals surface area contributed by atoms with Gasteiger partial charge in [-0.3, -0.25) is 4.79 Å². The van der Waals surface area contributed by atoms with Gasteiger partial charge in [-0.25, -0.2) is 4.98 Å². The molecule has 0 aliphatic rings. The Hall–Kier alpha value is -2.89. The summed E-state index contributed by atoms with van der Waals surface area (Å²) in [5.41, 5.74) is 1.15. The molecular formula is C27H26Br2N2O4. The average molecular weight is 602 g/mol. The summed E-state index contributed by atoms with van der Waals surface area (Å²) in [5, 5.41) is 10.7. The van der Waals surface area contributed by atoms with Crippen molar-refractivity contribution >= 4 is 48.7 Å². The second-order valence-corrected chi connectivity index (χ2v) is 10.9. The van der Waals surface area contributed by atoms with E-state index < -0.39 is 18.0 Å². The summed E-state index contributed by atoms with van der Waals surface area (Å²) in [7, 11) is 0. The molecule has 8 heteroatoms. The number of esters is 1. The summed E-state index contributed by atoms with van der Waals surface area (Å²) in [5.74, 6) is 0.808. The minimum absolute atomic E-state index is 0.0326. The second kappa shape index (κ2) is 12.7. The summed E-state index contributed by atoms with van der Waals surface area (Å²) in [6, 6.07) is 18.4. The van der Waals surface area contributed by atoms with E-state index in [1.807, 2.05) is 63.2 Å². The van der Waals surface area contributed by atoms with Gasteiger partial charge in [0.05, 0.1) is 21.4 Å². The first-order valence-corrected chi connectivity index (χ1v) is 12.8. The maximum atomic E-state index is 13.0. The molecule has 35 heavy (non-hydrogen) atoms. The van der Waals surface area contributed by atoms with E-state index in [1.165, 1.54) is 0 Å². The minimum Gasteiger partial charge on any atom is -0.494 e. The van der Waals surface area contributed by atoms with E-state index >= 15 is 0 Å². The molecule has 0 aliphatic carbocycles. The molecule has 182 valence electrons. The summed E-state index contributed by atoms with van der Waals surface area (Å²) < 4.78 is 17.9. The Balaban J connectivity index is 1.92. The van der Waals surface area contributed by atoms with E-state index in [-0.39, 0.29) is 5.92 Å². The molecule has 0 fully saturated rings. The number of aromatic nitrogens is 1. The highest BCUT2D eigenvalue weighted by molar-refractivity contribution is 9.28. The number of para-hydroxylation sites is 1. The van der Waals surface area contributed by atoms with Crippen molar-refractivity contribution in [2.45, 2.75) is 33.3 Å². The van der Waals surface area contributed by atoms with Gasteiger partial charge in [-0.2, -0.15) is 5.26 Å². The molecule has 0 spiro atoms. The SMILES string of the molecule is CCOc1ccc(Oc2cc(C(C#N)OC(=O)C(CC=C(Br)Br)C(C)C)c3ccccc3n2)cc1. The zero-order valence-corrected chi connectivity index (χ0v) is 22.9. The van der Waals surface area contributed by atoms with Gasteiger partial charge < -0.3 is 14.2 Å². The fraction of sp³-hybridized carbons (Fsp3) is 0.296. The molecule has 2 aromatic carbocycles. The number of benzene rings is 2. The highest BCUT2D eigenvalue weighted by atomic mass is 79.9. The lowest BCUT2D eigenvalue weighted by Gasteiger charge is -2.21. The number of halogens is 2. The molecule has 3 rings (SSSR count). The Morgan fingerprint density at radius 2 is 1.80 bits per heavy atom. The van der Waals surface area contributed by atoms with Gasteiger partial charge >= 0.3 is 5.97 Å². The van der Waals surface area contributed by atoms with E-state index in [0.29, 0.717) is 35.7 Å². The van der Waals surface area contributed by atoms with Crippen molar-refractivity contribution in [1.82, 2.24) is 4.98 Å². The lowest BCUT2D eigenvalue weighted by molar-refractivity contribution is -0.153. The van der Waals surface area contributed by atoms with E-state index in [1.54, 1.807) is 18.2 Å². The van der Waals surface area contributed by atoms with Gasteiger partial charge in [0.15, 0.2) is 0 Å². The van der Waals surface area contributed by atoms with Crippen molar-refractivity contribution in [1.29, 1.82) is 5.26 Å². The monoisotopic (exact) mass is 600 g/mol. The second-order valence-electron chi connectivity index (χ2n) is 8.10. The van der Waals surface area contributed by atoms with Crippen LogP contribution in [0.2, 0.25) is 0 Å². The van der Waals surface area contributed by atoms with Gasteiger partial charge in [0, 0.05) is 17.0 Å². The van der Waals surface area contributed by atoms with Crippen LogP contribution in [-0.2, 0) is 9.53 Å². The highest BCUT2D eigenvalue weighted by Gasteiger charge is 2.28. The first-order chi connectivity index (χ1) is 16.8. The molecule has 6 nitrogen and oxygen atoms in total. The lowest BCUT2D eigenvalue weighted by Crippen LogP contribution is -2.24. The number of carbonyl (C=O) groups excluding carboxylic acids is 1. The number of nitriles is 1. The number of fused-ring (bicyclic) bond motifs is 1. The largest absolute Gasteiger partial charge is 0.494 e. The third-order valence-corrected chi connectivity index (χ3v) is 6.00. The van der Waals surface area contributed by atoms with E-state index in [0.717, 1.165) is 14.5 Å². The zero-order valence-electron chi connectivity index (χ0n) is 19.7. The standard InChI is InChI=1S/C27H26Br2N2O4/c1-4-33-18-9-11-19(12-10-18)34-26-15-22(21-7-5-6-8-23(21)31-26)24(16-30)35-27(32)20(17(2)3)13-14-25(28)29/h5-12,14-15,17,20,24H,4,13H2,1-3H3. The van der Waals surface area contributed by atoms with Crippen LogP contribution in [0.1, 0.15) is 38.9 Å². The van der Waals surface area contributed by atoms with Crippen LogP contribution in [0.15, 0.2) is 64.1 Å². The molecule has 0 radical (unpaired) electrons. The quantitative estimate of drug-likeness (QED) is 0.220. The Labute approximate surface area is 222 Å². The van der Waals surface area contributed by atoms with E-state index in [2.05, 4.69) is 42.9 Å². The van der Waals surface area contributed by atoms with Gasteiger partial charge in [0.2, 0.25) is 12.0 Å². The number of carbonyl (C=O) groups is 1. The van der Waals surface area contributed by atoms with Crippen LogP contribution in [0.3, 0.4) is 0 Å². The molecule has 0 amide bonds. The van der Waals surface area contributed by atoms with Crippen LogP contribution >= 0.6 is 31.9 Å². The molecule has 1 heterocycles. The van der Waals surface area contributed by atoms with Gasteiger partial charge in [0.1, 0.15) is 17.6 Å². The fourth-order valence-electron chi connectivity index (χ4n) is 3.56. The summed E-state index contributed by atoms with van der Waals surface area (Å²) in [6.07, 6.45) is 1.22. The van der Waals surface area contributed by atoms with Crippen molar-refractivity contribution in [3.8, 4) is 23.4 Å². The third-order valence-electron chi connectivity index (χ3n) is 5.35. The Kier molecular flexibility index (Phi) is 9.70. The number of ether oxygens (including phenoxy) is 3. The van der Waals surface area contributed by atoms with Gasteiger partial charge in [-0.05, 0) is 81.5 Å². The number of nitrogens with zero attached hydrogens (tertiary/aromatic N) is 2. The van der Waals surface area contributed by atoms with Crippen LogP contribution in [-0.4, -0.2) is 17.6 Å². The number of rotatable bonds is 10. The summed E-state index contributed by atoms with van der Waals surface area (Å²) in [4.78, 5) is 17.6. The predicted octanol–water partition coefficient (Wildman–Crippen LogP) is 7.83. The molecular weight excluding hydrogens is 576 g/mol. The predicted molar refractivity (Wildman–Crippen MR) is 143 cm³/mol. The van der Waals surface area contributed by atoms with Crippen molar-refractivity contribution in [3.63, 3.8) is 0 Å². The molecule has 2 atom stereocenters. The van der Waals surface area contributed by atoms with Crippen LogP contribution in [0.25, 0.3) is 10.9 Å². The van der Waals surface area contributed by atoms with Crippen LogP contribution in [0, 0.1) is 23.2 Å². The van der Waals surface area contributed by atoms with Crippen molar-refractivity contribution in [2.24, 2.45) is 11.8 Å². The van der Waals surface area contributed by atoms with Crippen LogP contribution in [0.4, 0.5) is 0 Å². The maximum absolute atomic E-state index is 13.0. The van der Waals surface area contributed by atoms with E-state index in [4.69, 9.17) is 14.2 Å². The number of allylic oxidation sites excluding steroid dienone is 1. The molecule has 2 unspecified atom stereocenters. The minimum atomic E-state index is -1.12. The highest BCUT2D eigenvalue weighted by Crippen LogP contribution is 2.33. The molecule has 1 aromatic heterocycles. The van der Waals surface area contributed by atoms with Gasteiger partial charge in [-0.1, -0.05) is 38.1 Å². The lowest BCUT2D eigenvalue weighted by atomic mass is 9.92. The summed E-state index contributed by atoms with van der Waals surface area (Å²) in [6.45, 7) is 6.40. The Morgan fingerprint density at radius 3 is 2.43 bits per heavy atom. The Morgan fingerprint density at radius 1 is 1.11 bits per heavy atom. The van der Waals surface area contributed by atoms with Crippen LogP contribution in [0.5, 0.6) is 17.4 Å². The maximum Gasteiger partial charge on any atom is 0.311 e. The van der Waals surface area contributed by atoms with Gasteiger partial charge in [0.25, 0.3) is 0 Å². The van der Waals surface area contributed by atoms with Crippen LogP contribution < -0.4 is 9.47 Å². The third kappa shape index (κ3) is 7.30. The topological polar surface area (TPSA) is 81.4 Å². The molecule has 0 N–H and O–H groups in total. The zero-order chi connectivity index (χ0) is 25.4. The molecule has 0 bridgehead atoms. The normalized spacial score (nSPS) is 12.5. The van der Waals surface area contributed by atoms with Crippen molar-refractivity contribution < 1.29 is 19.0 Å². The smallest absolute Gasteiger partial charge is 0.311 e. The Bertz CT molecular complexity index is 1230. The molecule has 0 saturated heterocycles. The summed E-state index contributed by atoms with van der Waals surface area (Å²) >= 11 is 6.64. The van der Waals surface area contributed by atoms with E-state index in [9.17, 15) is 10.1 Å². The molecule has 0 aliphatic heterocycles. The number of hydrogen-bond donors (Lipinski definition) is 0. The van der Waals surface area contributed by atoms with Crippen molar-refractivity contribution in [3.05, 3.63) is 69.6 Å². The first kappa shape index (κ1) is 26.7. The molecule has 0 saturated carbocycles. The van der Waals surface area contributed by atoms with Crippen molar-refractivity contribution in [2.75, 3.05) is 6.61 Å². The fourth-order valence-corrected chi connectivity index (χ4v) is 3.93. The average Bonchev–Trinajstić information content (AvgIpc) is 2.83. The number of pyridine rings is 1. The van der Waals surface area contributed by atoms with Gasteiger partial charge in [-0.15, -0.1) is 0 Å².